The van der Waals surface area contributed by atoms with Crippen LogP contribution in [0.25, 0.3) is 6.08 Å². The number of halogens is 1. The van der Waals surface area contributed by atoms with Gasteiger partial charge in [0.1, 0.15) is 11.4 Å². The van der Waals surface area contributed by atoms with E-state index in [1.165, 1.54) is 30.3 Å². The first kappa shape index (κ1) is 23.0. The van der Waals surface area contributed by atoms with E-state index in [0.29, 0.717) is 18.4 Å². The minimum atomic E-state index is -0.805. The lowest BCUT2D eigenvalue weighted by Gasteiger charge is -2.20. The highest BCUT2D eigenvalue weighted by Gasteiger charge is 2.52. The number of nitrogens with zero attached hydrogens (tertiary/aromatic N) is 2. The van der Waals surface area contributed by atoms with Gasteiger partial charge in [0, 0.05) is 26.1 Å². The van der Waals surface area contributed by atoms with Gasteiger partial charge in [-0.2, -0.15) is 0 Å². The summed E-state index contributed by atoms with van der Waals surface area (Å²) in [5.74, 6) is -1.55. The third-order valence-electron chi connectivity index (χ3n) is 5.96. The Balaban J connectivity index is 1.24. The highest BCUT2D eigenvalue weighted by Crippen LogP contribution is 2.35. The van der Waals surface area contributed by atoms with Gasteiger partial charge >= 0.3 is 6.03 Å². The Hall–Kier alpha value is -3.21. The Morgan fingerprint density at radius 3 is 2.48 bits per heavy atom. The molecule has 0 aromatic heterocycles. The Morgan fingerprint density at radius 1 is 1.09 bits per heavy atom. The Morgan fingerprint density at radius 2 is 1.79 bits per heavy atom. The molecule has 0 radical (unpaired) electrons. The van der Waals surface area contributed by atoms with Gasteiger partial charge in [-0.15, -0.1) is 0 Å². The molecule has 2 saturated heterocycles. The second-order valence-electron chi connectivity index (χ2n) is 8.16. The molecule has 3 aliphatic rings. The van der Waals surface area contributed by atoms with Gasteiger partial charge in [0.2, 0.25) is 5.91 Å². The molecule has 1 aromatic rings. The molecule has 4 rings (SSSR count). The smallest absolute Gasteiger partial charge is 0.325 e. The van der Waals surface area contributed by atoms with Gasteiger partial charge in [-0.3, -0.25) is 29.0 Å². The van der Waals surface area contributed by atoms with Crippen LogP contribution in [0.1, 0.15) is 37.7 Å². The number of benzene rings is 1. The molecular weight excluding hydrogens is 451 g/mol. The minimum Gasteiger partial charge on any atom is -0.354 e. The molecule has 1 aromatic carbocycles. The van der Waals surface area contributed by atoms with Crippen LogP contribution in [0.5, 0.6) is 0 Å². The quantitative estimate of drug-likeness (QED) is 0.463. The van der Waals surface area contributed by atoms with Crippen molar-refractivity contribution in [3.05, 3.63) is 40.6 Å². The van der Waals surface area contributed by atoms with E-state index in [-0.39, 0.29) is 36.9 Å². The highest BCUT2D eigenvalue weighted by atomic mass is 32.2. The van der Waals surface area contributed by atoms with Crippen LogP contribution >= 0.6 is 11.8 Å². The Labute approximate surface area is 193 Å². The number of hydrogen-bond acceptors (Lipinski definition) is 6. The summed E-state index contributed by atoms with van der Waals surface area (Å²) in [5.41, 5.74) is -0.212. The molecule has 33 heavy (non-hydrogen) atoms. The molecule has 1 spiro atoms. The topological polar surface area (TPSA) is 116 Å². The summed E-state index contributed by atoms with van der Waals surface area (Å²) in [4.78, 5) is 63.9. The number of carbonyl (C=O) groups excluding carboxylic acids is 5. The summed E-state index contributed by atoms with van der Waals surface area (Å²) in [6, 6.07) is 5.06. The molecule has 2 heterocycles. The van der Waals surface area contributed by atoms with E-state index in [0.717, 1.165) is 34.4 Å². The number of rotatable bonds is 7. The van der Waals surface area contributed by atoms with Crippen LogP contribution in [-0.2, 0) is 14.4 Å². The molecule has 174 valence electrons. The molecule has 6 amide bonds. The van der Waals surface area contributed by atoms with E-state index in [1.54, 1.807) is 0 Å². The van der Waals surface area contributed by atoms with Crippen molar-refractivity contribution < 1.29 is 28.4 Å². The van der Waals surface area contributed by atoms with Crippen LogP contribution in [0.2, 0.25) is 0 Å². The van der Waals surface area contributed by atoms with Crippen molar-refractivity contribution in [3.8, 4) is 0 Å². The third-order valence-corrected chi connectivity index (χ3v) is 6.87. The summed E-state index contributed by atoms with van der Waals surface area (Å²) in [7, 11) is 0. The number of carbonyl (C=O) groups is 5. The first-order chi connectivity index (χ1) is 15.8. The molecule has 0 bridgehead atoms. The van der Waals surface area contributed by atoms with Crippen LogP contribution in [0.3, 0.4) is 0 Å². The van der Waals surface area contributed by atoms with Gasteiger partial charge in [-0.25, -0.2) is 9.18 Å². The van der Waals surface area contributed by atoms with Crippen LogP contribution < -0.4 is 10.6 Å². The first-order valence-corrected chi connectivity index (χ1v) is 11.5. The molecular formula is C22H23FN4O5S. The minimum absolute atomic E-state index is 0.0105. The molecule has 11 heteroatoms. The van der Waals surface area contributed by atoms with Crippen LogP contribution in [0, 0.1) is 5.82 Å². The molecule has 9 nitrogen and oxygen atoms in total. The molecule has 0 unspecified atom stereocenters. The molecule has 2 N–H and O–H groups in total. The molecule has 3 fully saturated rings. The van der Waals surface area contributed by atoms with E-state index in [4.69, 9.17) is 0 Å². The van der Waals surface area contributed by atoms with Crippen LogP contribution in [0.4, 0.5) is 14.0 Å². The van der Waals surface area contributed by atoms with E-state index >= 15 is 0 Å². The Bertz CT molecular complexity index is 1040. The molecule has 1 aliphatic carbocycles. The summed E-state index contributed by atoms with van der Waals surface area (Å²) >= 11 is 0.780. The zero-order valence-corrected chi connectivity index (χ0v) is 18.6. The van der Waals surface area contributed by atoms with E-state index in [1.807, 2.05) is 0 Å². The fraction of sp³-hybridized carbons (Fsp3) is 0.409. The van der Waals surface area contributed by atoms with Gasteiger partial charge < -0.3 is 10.6 Å². The predicted octanol–water partition coefficient (Wildman–Crippen LogP) is 2.23. The largest absolute Gasteiger partial charge is 0.354 e. The van der Waals surface area contributed by atoms with Gasteiger partial charge in [0.15, 0.2) is 0 Å². The third kappa shape index (κ3) is 4.77. The number of hydrogen-bond donors (Lipinski definition) is 2. The zero-order valence-electron chi connectivity index (χ0n) is 17.8. The predicted molar refractivity (Wildman–Crippen MR) is 118 cm³/mol. The van der Waals surface area contributed by atoms with E-state index < -0.39 is 34.4 Å². The lowest BCUT2D eigenvalue weighted by atomic mass is 9.98. The standard InChI is InChI=1S/C22H23FN4O5S/c23-15-5-3-14(4-6-15)13-16-18(29)26(21(32)33-16)12-10-24-17(28)7-11-27-19(30)22(25-20(27)31)8-1-2-9-22/h3-6,13H,1-2,7-12H2,(H,24,28)(H,25,31)/b16-13-. The summed E-state index contributed by atoms with van der Waals surface area (Å²) < 4.78 is 13.0. The van der Waals surface area contributed by atoms with E-state index in [2.05, 4.69) is 10.6 Å². The van der Waals surface area contributed by atoms with Crippen molar-refractivity contribution in [1.82, 2.24) is 20.4 Å². The number of nitrogens with one attached hydrogen (secondary N) is 2. The maximum absolute atomic E-state index is 13.0. The zero-order chi connectivity index (χ0) is 23.6. The average Bonchev–Trinajstić information content (AvgIpc) is 3.42. The maximum Gasteiger partial charge on any atom is 0.325 e. The summed E-state index contributed by atoms with van der Waals surface area (Å²) in [6.07, 6.45) is 4.45. The number of imide groups is 2. The second-order valence-corrected chi connectivity index (χ2v) is 9.15. The lowest BCUT2D eigenvalue weighted by Crippen LogP contribution is -2.44. The molecule has 2 aliphatic heterocycles. The highest BCUT2D eigenvalue weighted by molar-refractivity contribution is 8.18. The van der Waals surface area contributed by atoms with Crippen LogP contribution in [0.15, 0.2) is 29.2 Å². The van der Waals surface area contributed by atoms with Crippen molar-refractivity contribution >= 4 is 46.8 Å². The second kappa shape index (κ2) is 9.34. The number of thioether (sulfide) groups is 1. The molecule has 0 atom stereocenters. The maximum atomic E-state index is 13.0. The van der Waals surface area contributed by atoms with Crippen molar-refractivity contribution in [2.24, 2.45) is 0 Å². The average molecular weight is 475 g/mol. The van der Waals surface area contributed by atoms with E-state index in [9.17, 15) is 28.4 Å². The summed E-state index contributed by atoms with van der Waals surface area (Å²) in [6.45, 7) is 0.00835. The Kier molecular flexibility index (Phi) is 6.50. The number of urea groups is 1. The van der Waals surface area contributed by atoms with Gasteiger partial charge in [-0.1, -0.05) is 25.0 Å². The number of amides is 6. The van der Waals surface area contributed by atoms with Crippen molar-refractivity contribution in [2.45, 2.75) is 37.6 Å². The van der Waals surface area contributed by atoms with Gasteiger partial charge in [-0.05, 0) is 48.4 Å². The van der Waals surface area contributed by atoms with Gasteiger partial charge in [0.05, 0.1) is 4.91 Å². The fourth-order valence-corrected chi connectivity index (χ4v) is 5.07. The van der Waals surface area contributed by atoms with Crippen molar-refractivity contribution in [2.75, 3.05) is 19.6 Å². The lowest BCUT2D eigenvalue weighted by molar-refractivity contribution is -0.131. The fourth-order valence-electron chi connectivity index (χ4n) is 4.21. The van der Waals surface area contributed by atoms with Crippen molar-refractivity contribution in [3.63, 3.8) is 0 Å². The normalized spacial score (nSPS) is 20.9. The van der Waals surface area contributed by atoms with Crippen molar-refractivity contribution in [1.29, 1.82) is 0 Å². The summed E-state index contributed by atoms with van der Waals surface area (Å²) in [5, 5.41) is 4.92. The van der Waals surface area contributed by atoms with Gasteiger partial charge in [0.25, 0.3) is 17.1 Å². The first-order valence-electron chi connectivity index (χ1n) is 10.7. The monoisotopic (exact) mass is 474 g/mol. The SMILES string of the molecule is O=C(CCN1C(=O)NC2(CCCC2)C1=O)NCCN1C(=O)S/C(=C\c2ccc(F)cc2)C1=O. The van der Waals surface area contributed by atoms with Crippen LogP contribution in [-0.4, -0.2) is 64.0 Å². The molecule has 1 saturated carbocycles.